The van der Waals surface area contributed by atoms with Gasteiger partial charge in [-0.1, -0.05) is 0 Å². The van der Waals surface area contributed by atoms with Gasteiger partial charge in [0.05, 0.1) is 0 Å². The van der Waals surface area contributed by atoms with Crippen LogP contribution in [0.25, 0.3) is 0 Å². The third-order valence-corrected chi connectivity index (χ3v) is 5.92. The summed E-state index contributed by atoms with van der Waals surface area (Å²) in [5.74, 6) is 0.909. The van der Waals surface area contributed by atoms with Gasteiger partial charge in [-0.15, -0.1) is 0 Å². The summed E-state index contributed by atoms with van der Waals surface area (Å²) in [6.07, 6.45) is 0. The second-order valence-electron chi connectivity index (χ2n) is 6.95. The summed E-state index contributed by atoms with van der Waals surface area (Å²) in [6, 6.07) is 0. The smallest absolute Gasteiger partial charge is 1.00 e. The van der Waals surface area contributed by atoms with Gasteiger partial charge in [-0.2, -0.15) is 0 Å². The number of benzene rings is 2. The zero-order valence-corrected chi connectivity index (χ0v) is 22.1. The van der Waals surface area contributed by atoms with Crippen molar-refractivity contribution >= 4 is 0 Å². The van der Waals surface area contributed by atoms with Crippen molar-refractivity contribution in [3.8, 4) is 11.5 Å². The number of hydrogen-bond donors (Lipinski definition) is 2. The van der Waals surface area contributed by atoms with Crippen LogP contribution in [-0.4, -0.2) is 10.2 Å². The van der Waals surface area contributed by atoms with Gasteiger partial charge >= 0.3 is 26.2 Å². The summed E-state index contributed by atoms with van der Waals surface area (Å²) >= 11 is 0. The van der Waals surface area contributed by atoms with E-state index in [1.165, 1.54) is 33.4 Å². The molecule has 2 N–H and O–H groups in total. The fourth-order valence-corrected chi connectivity index (χ4v) is 2.96. The molecule has 2 aromatic rings. The Balaban J connectivity index is -0.000000384. The van der Waals surface area contributed by atoms with Crippen LogP contribution >= 0.6 is 0 Å². The average Bonchev–Trinajstić information content (AvgIpc) is 2.58. The SMILES string of the molecule is Cc1c(C)c(C)c(O)c(C)c1C.Cc1c(C)c(C)c(O)c(C)c1C.[Cl-].[Cl-].[Zr+2]. The molecule has 0 aliphatic carbocycles. The molecule has 0 saturated carbocycles. The summed E-state index contributed by atoms with van der Waals surface area (Å²) in [7, 11) is 0. The fourth-order valence-electron chi connectivity index (χ4n) is 2.96. The van der Waals surface area contributed by atoms with Crippen LogP contribution in [0.2, 0.25) is 0 Å². The third kappa shape index (κ3) is 6.24. The summed E-state index contributed by atoms with van der Waals surface area (Å²) in [5.41, 5.74) is 11.4. The van der Waals surface area contributed by atoms with E-state index in [0.29, 0.717) is 11.5 Å². The predicted molar refractivity (Wildman–Crippen MR) is 104 cm³/mol. The number of aromatic hydroxyl groups is 2. The topological polar surface area (TPSA) is 40.5 Å². The minimum Gasteiger partial charge on any atom is -1.00 e. The van der Waals surface area contributed by atoms with Crippen LogP contribution < -0.4 is 24.8 Å². The van der Waals surface area contributed by atoms with E-state index in [-0.39, 0.29) is 51.0 Å². The van der Waals surface area contributed by atoms with E-state index < -0.39 is 0 Å². The predicted octanol–water partition coefficient (Wildman–Crippen LogP) is -0.126. The van der Waals surface area contributed by atoms with Crippen LogP contribution in [0.3, 0.4) is 0 Å². The Morgan fingerprint density at radius 2 is 0.444 bits per heavy atom. The Hall–Kier alpha value is -0.497. The quantitative estimate of drug-likeness (QED) is 0.541. The van der Waals surface area contributed by atoms with Gasteiger partial charge in [0.2, 0.25) is 0 Å². The minimum atomic E-state index is 0. The van der Waals surface area contributed by atoms with Gasteiger partial charge in [0.15, 0.2) is 0 Å². The van der Waals surface area contributed by atoms with Gasteiger partial charge in [0, 0.05) is 0 Å². The largest absolute Gasteiger partial charge is 2.00 e. The molecule has 0 fully saturated rings. The Bertz CT molecular complexity index is 522. The molecule has 0 heterocycles. The van der Waals surface area contributed by atoms with Crippen molar-refractivity contribution < 1.29 is 61.2 Å². The van der Waals surface area contributed by atoms with E-state index in [1.807, 2.05) is 27.7 Å². The second kappa shape index (κ2) is 12.1. The van der Waals surface area contributed by atoms with Crippen molar-refractivity contribution in [2.45, 2.75) is 69.2 Å². The van der Waals surface area contributed by atoms with Gasteiger partial charge in [0.25, 0.3) is 0 Å². The molecule has 2 aromatic carbocycles. The molecule has 150 valence electrons. The first kappa shape index (κ1) is 31.2. The molecule has 0 aliphatic heterocycles. The fraction of sp³-hybridized carbons (Fsp3) is 0.455. The van der Waals surface area contributed by atoms with E-state index in [0.717, 1.165) is 22.3 Å². The standard InChI is InChI=1S/2C11H16O.2ClH.Zr/c2*1-6-7(2)9(4)11(12)10(5)8(6)3;;;/h2*12H,1-5H3;2*1H;/q;;;;+2/p-2. The van der Waals surface area contributed by atoms with Gasteiger partial charge in [-0.3, -0.25) is 0 Å². The molecule has 2 rings (SSSR count). The summed E-state index contributed by atoms with van der Waals surface area (Å²) in [5, 5.41) is 19.4. The van der Waals surface area contributed by atoms with Crippen molar-refractivity contribution in [1.82, 2.24) is 0 Å². The van der Waals surface area contributed by atoms with Crippen molar-refractivity contribution in [1.29, 1.82) is 0 Å². The van der Waals surface area contributed by atoms with Gasteiger partial charge in [0.1, 0.15) is 11.5 Å². The number of hydrogen-bond acceptors (Lipinski definition) is 2. The zero-order valence-electron chi connectivity index (χ0n) is 18.2. The molecule has 0 amide bonds. The van der Waals surface area contributed by atoms with Crippen molar-refractivity contribution in [3.05, 3.63) is 55.6 Å². The Kier molecular flexibility index (Phi) is 14.0. The van der Waals surface area contributed by atoms with E-state index in [2.05, 4.69) is 41.5 Å². The number of halogens is 2. The molecule has 0 atom stereocenters. The zero-order chi connectivity index (χ0) is 18.9. The minimum absolute atomic E-state index is 0. The maximum atomic E-state index is 9.69. The first-order chi connectivity index (χ1) is 10.9. The Morgan fingerprint density at radius 1 is 0.333 bits per heavy atom. The van der Waals surface area contributed by atoms with Crippen LogP contribution in [0.15, 0.2) is 0 Å². The number of phenols is 2. The first-order valence-electron chi connectivity index (χ1n) is 8.45. The van der Waals surface area contributed by atoms with Crippen LogP contribution in [0.5, 0.6) is 11.5 Å². The van der Waals surface area contributed by atoms with Crippen molar-refractivity contribution in [2.24, 2.45) is 0 Å². The van der Waals surface area contributed by atoms with Crippen molar-refractivity contribution in [2.75, 3.05) is 0 Å². The molecule has 0 aliphatic rings. The average molecular weight is 491 g/mol. The Morgan fingerprint density at radius 3 is 0.593 bits per heavy atom. The van der Waals surface area contributed by atoms with Crippen LogP contribution in [-0.2, 0) is 26.2 Å². The van der Waals surface area contributed by atoms with Gasteiger partial charge in [-0.05, 0) is 125 Å². The van der Waals surface area contributed by atoms with E-state index in [4.69, 9.17) is 0 Å². The summed E-state index contributed by atoms with van der Waals surface area (Å²) in [6.45, 7) is 20.3. The second-order valence-corrected chi connectivity index (χ2v) is 6.95. The van der Waals surface area contributed by atoms with E-state index in [1.54, 1.807) is 0 Å². The van der Waals surface area contributed by atoms with Crippen LogP contribution in [0.1, 0.15) is 55.6 Å². The molecule has 0 bridgehead atoms. The van der Waals surface area contributed by atoms with E-state index >= 15 is 0 Å². The summed E-state index contributed by atoms with van der Waals surface area (Å²) in [4.78, 5) is 0. The summed E-state index contributed by atoms with van der Waals surface area (Å²) < 4.78 is 0. The van der Waals surface area contributed by atoms with Crippen LogP contribution in [0, 0.1) is 69.2 Å². The molecule has 2 nitrogen and oxygen atoms in total. The molecular formula is C22H32Cl2O2Zr. The van der Waals surface area contributed by atoms with Crippen LogP contribution in [0.4, 0.5) is 0 Å². The molecule has 0 radical (unpaired) electrons. The molecule has 0 unspecified atom stereocenters. The van der Waals surface area contributed by atoms with Gasteiger partial charge < -0.3 is 35.0 Å². The number of rotatable bonds is 0. The molecule has 0 saturated heterocycles. The maximum Gasteiger partial charge on any atom is 2.00 e. The number of phenolic OH excluding ortho intramolecular Hbond substituents is 2. The molecular weight excluding hydrogens is 458 g/mol. The van der Waals surface area contributed by atoms with E-state index in [9.17, 15) is 10.2 Å². The molecule has 0 aromatic heterocycles. The molecule has 27 heavy (non-hydrogen) atoms. The Labute approximate surface area is 196 Å². The normalized spacial score (nSPS) is 9.26. The third-order valence-electron chi connectivity index (χ3n) is 5.92. The first-order valence-corrected chi connectivity index (χ1v) is 8.45. The molecule has 5 heteroatoms. The van der Waals surface area contributed by atoms with Crippen molar-refractivity contribution in [3.63, 3.8) is 0 Å². The van der Waals surface area contributed by atoms with Gasteiger partial charge in [-0.25, -0.2) is 0 Å². The molecule has 0 spiro atoms. The monoisotopic (exact) mass is 488 g/mol. The maximum absolute atomic E-state index is 9.69.